The van der Waals surface area contributed by atoms with E-state index in [-0.39, 0.29) is 11.7 Å². The van der Waals surface area contributed by atoms with Crippen LogP contribution in [0.2, 0.25) is 0 Å². The van der Waals surface area contributed by atoms with E-state index < -0.39 is 5.41 Å². The Morgan fingerprint density at radius 2 is 2.05 bits per heavy atom. The van der Waals surface area contributed by atoms with Gasteiger partial charge in [0.1, 0.15) is 5.41 Å². The lowest BCUT2D eigenvalue weighted by Crippen LogP contribution is -2.49. The topological polar surface area (TPSA) is 91.0 Å². The maximum absolute atomic E-state index is 12.3. The zero-order valence-electron chi connectivity index (χ0n) is 12.9. The molecule has 0 aromatic carbocycles. The Labute approximate surface area is 121 Å². The Morgan fingerprint density at radius 1 is 1.45 bits per heavy atom. The van der Waals surface area contributed by atoms with Crippen LogP contribution in [0.3, 0.4) is 0 Å². The van der Waals surface area contributed by atoms with E-state index in [0.717, 1.165) is 32.5 Å². The van der Waals surface area contributed by atoms with E-state index in [1.54, 1.807) is 6.92 Å². The first kappa shape index (κ1) is 16.8. The van der Waals surface area contributed by atoms with E-state index in [1.165, 1.54) is 0 Å². The lowest BCUT2D eigenvalue weighted by Gasteiger charge is -2.32. The van der Waals surface area contributed by atoms with Gasteiger partial charge >= 0.3 is 0 Å². The first-order valence-electron chi connectivity index (χ1n) is 7.46. The van der Waals surface area contributed by atoms with Crippen molar-refractivity contribution in [2.45, 2.75) is 40.0 Å². The highest BCUT2D eigenvalue weighted by Gasteiger charge is 2.36. The first-order chi connectivity index (χ1) is 9.47. The minimum atomic E-state index is -0.932. The van der Waals surface area contributed by atoms with Gasteiger partial charge in [0.05, 0.1) is 0 Å². The maximum atomic E-state index is 12.3. The Morgan fingerprint density at radius 3 is 2.50 bits per heavy atom. The van der Waals surface area contributed by atoms with Crippen molar-refractivity contribution in [3.63, 3.8) is 0 Å². The van der Waals surface area contributed by atoms with E-state index in [0.29, 0.717) is 18.9 Å². The number of nitrogens with two attached hydrogens (primary N) is 1. The number of rotatable bonds is 6. The Hall–Kier alpha value is -1.30. The van der Waals surface area contributed by atoms with Crippen LogP contribution in [0.5, 0.6) is 0 Å². The predicted molar refractivity (Wildman–Crippen MR) is 79.7 cm³/mol. The molecule has 20 heavy (non-hydrogen) atoms. The minimum Gasteiger partial charge on any atom is -0.409 e. The quantitative estimate of drug-likeness (QED) is 0.294. The lowest BCUT2D eigenvalue weighted by atomic mass is 9.85. The first-order valence-corrected chi connectivity index (χ1v) is 7.46. The number of hydrogen-bond donors (Lipinski definition) is 3. The molecule has 6 heteroatoms. The number of likely N-dealkylation sites (tertiary alicyclic amines) is 1. The summed E-state index contributed by atoms with van der Waals surface area (Å²) >= 11 is 0. The van der Waals surface area contributed by atoms with Gasteiger partial charge in [0.25, 0.3) is 0 Å². The average Bonchev–Trinajstić information content (AvgIpc) is 2.51. The molecule has 0 radical (unpaired) electrons. The van der Waals surface area contributed by atoms with E-state index in [4.69, 9.17) is 10.9 Å². The molecule has 116 valence electrons. The summed E-state index contributed by atoms with van der Waals surface area (Å²) < 4.78 is 0. The van der Waals surface area contributed by atoms with Gasteiger partial charge in [-0.15, -0.1) is 0 Å². The van der Waals surface area contributed by atoms with Crippen molar-refractivity contribution < 1.29 is 10.0 Å². The summed E-state index contributed by atoms with van der Waals surface area (Å²) in [4.78, 5) is 14.7. The molecule has 0 spiro atoms. The molecule has 0 saturated carbocycles. The molecule has 0 aromatic rings. The van der Waals surface area contributed by atoms with Crippen LogP contribution in [0, 0.1) is 11.3 Å². The van der Waals surface area contributed by atoms with Gasteiger partial charge in [0.15, 0.2) is 5.84 Å². The summed E-state index contributed by atoms with van der Waals surface area (Å²) in [5.41, 5.74) is 4.71. The number of nitrogens with zero attached hydrogens (tertiary/aromatic N) is 2. The fraction of sp³-hybridized carbons (Fsp3) is 0.857. The normalized spacial score (nSPS) is 21.4. The van der Waals surface area contributed by atoms with Crippen molar-refractivity contribution in [3.05, 3.63) is 0 Å². The molecule has 0 aliphatic carbocycles. The summed E-state index contributed by atoms with van der Waals surface area (Å²) in [7, 11) is 0. The van der Waals surface area contributed by atoms with Crippen molar-refractivity contribution in [2.24, 2.45) is 22.2 Å². The zero-order valence-corrected chi connectivity index (χ0v) is 12.9. The molecule has 4 N–H and O–H groups in total. The number of carbonyl (C=O) groups is 1. The molecular weight excluding hydrogens is 256 g/mol. The zero-order chi connectivity index (χ0) is 15.2. The Balaban J connectivity index is 2.47. The summed E-state index contributed by atoms with van der Waals surface area (Å²) in [6, 6.07) is 0. The highest BCUT2D eigenvalue weighted by atomic mass is 16.4. The second-order valence-electron chi connectivity index (χ2n) is 5.76. The molecule has 1 unspecified atom stereocenters. The molecule has 1 atom stereocenters. The van der Waals surface area contributed by atoms with Crippen LogP contribution in [-0.2, 0) is 4.79 Å². The van der Waals surface area contributed by atoms with E-state index in [9.17, 15) is 4.79 Å². The predicted octanol–water partition coefficient (Wildman–Crippen LogP) is 0.997. The third-order valence-corrected chi connectivity index (χ3v) is 4.59. The van der Waals surface area contributed by atoms with Gasteiger partial charge in [0, 0.05) is 6.54 Å². The number of nitrogens with one attached hydrogen (secondary N) is 1. The number of hydrogen-bond acceptors (Lipinski definition) is 4. The van der Waals surface area contributed by atoms with Gasteiger partial charge in [-0.2, -0.15) is 0 Å². The monoisotopic (exact) mass is 284 g/mol. The molecular formula is C14H28N4O2. The van der Waals surface area contributed by atoms with Gasteiger partial charge in [-0.1, -0.05) is 19.0 Å². The van der Waals surface area contributed by atoms with Crippen LogP contribution in [0.1, 0.15) is 40.0 Å². The van der Waals surface area contributed by atoms with Gasteiger partial charge in [0.2, 0.25) is 5.91 Å². The third kappa shape index (κ3) is 3.85. The summed E-state index contributed by atoms with van der Waals surface area (Å²) in [6.07, 6.45) is 2.73. The Kier molecular flexibility index (Phi) is 6.26. The van der Waals surface area contributed by atoms with Crippen LogP contribution in [0.25, 0.3) is 0 Å². The molecule has 0 bridgehead atoms. The molecule has 1 saturated heterocycles. The van der Waals surface area contributed by atoms with E-state index in [2.05, 4.69) is 22.3 Å². The lowest BCUT2D eigenvalue weighted by molar-refractivity contribution is -0.127. The molecule has 1 fully saturated rings. The highest BCUT2D eigenvalue weighted by molar-refractivity contribution is 6.06. The van der Waals surface area contributed by atoms with Gasteiger partial charge < -0.3 is 21.2 Å². The van der Waals surface area contributed by atoms with Crippen molar-refractivity contribution >= 4 is 11.7 Å². The smallest absolute Gasteiger partial charge is 0.233 e. The van der Waals surface area contributed by atoms with Crippen molar-refractivity contribution in [1.29, 1.82) is 0 Å². The number of oxime groups is 1. The fourth-order valence-corrected chi connectivity index (χ4v) is 2.51. The fourth-order valence-electron chi connectivity index (χ4n) is 2.51. The van der Waals surface area contributed by atoms with Crippen molar-refractivity contribution in [2.75, 3.05) is 26.2 Å². The molecule has 1 rings (SSSR count). The largest absolute Gasteiger partial charge is 0.409 e. The molecule has 0 aromatic heterocycles. The number of carbonyl (C=O) groups excluding carboxylic acids is 1. The SMILES string of the molecule is CCN1CCC(CNC(=O)C(C)(CC)C(N)=NO)CC1. The highest BCUT2D eigenvalue weighted by Crippen LogP contribution is 2.22. The van der Waals surface area contributed by atoms with Gasteiger partial charge in [-0.05, 0) is 51.7 Å². The second-order valence-corrected chi connectivity index (χ2v) is 5.76. The van der Waals surface area contributed by atoms with Gasteiger partial charge in [-0.3, -0.25) is 4.79 Å². The van der Waals surface area contributed by atoms with Crippen LogP contribution in [0.15, 0.2) is 5.16 Å². The molecule has 6 nitrogen and oxygen atoms in total. The third-order valence-electron chi connectivity index (χ3n) is 4.59. The maximum Gasteiger partial charge on any atom is 0.233 e. The van der Waals surface area contributed by atoms with Gasteiger partial charge in [-0.25, -0.2) is 0 Å². The molecule has 1 aliphatic rings. The van der Waals surface area contributed by atoms with Crippen LogP contribution in [-0.4, -0.2) is 48.0 Å². The number of amides is 1. The second kappa shape index (κ2) is 7.47. The standard InChI is InChI=1S/C14H28N4O2/c1-4-14(3,12(15)17-20)13(19)16-10-11-6-8-18(5-2)9-7-11/h11,20H,4-10H2,1-3H3,(H2,15,17)(H,16,19). The average molecular weight is 284 g/mol. The minimum absolute atomic E-state index is 0.0293. The Bertz CT molecular complexity index is 351. The number of piperidine rings is 1. The van der Waals surface area contributed by atoms with E-state index in [1.807, 2.05) is 6.92 Å². The van der Waals surface area contributed by atoms with E-state index >= 15 is 0 Å². The van der Waals surface area contributed by atoms with Crippen LogP contribution in [0.4, 0.5) is 0 Å². The summed E-state index contributed by atoms with van der Waals surface area (Å²) in [6.45, 7) is 9.70. The van der Waals surface area contributed by atoms with Crippen molar-refractivity contribution in [1.82, 2.24) is 10.2 Å². The molecule has 1 heterocycles. The van der Waals surface area contributed by atoms with Crippen LogP contribution >= 0.6 is 0 Å². The molecule has 1 amide bonds. The van der Waals surface area contributed by atoms with Crippen molar-refractivity contribution in [3.8, 4) is 0 Å². The number of amidine groups is 1. The van der Waals surface area contributed by atoms with Crippen LogP contribution < -0.4 is 11.1 Å². The summed E-state index contributed by atoms with van der Waals surface area (Å²) in [5.74, 6) is 0.335. The summed E-state index contributed by atoms with van der Waals surface area (Å²) in [5, 5.41) is 14.8. The molecule has 1 aliphatic heterocycles.